The standard InChI is InChI=1S/C15H23FN2/c1-10-5-13-14(6-12(10)16)18-9-11(8-17-13)7-15(2,3)4/h5-6,11,17-18H,7-9H2,1-4H3. The normalized spacial score (nSPS) is 19.5. The molecule has 1 aliphatic heterocycles. The van der Waals surface area contributed by atoms with Crippen LogP contribution in [0.15, 0.2) is 12.1 Å². The number of anilines is 2. The third-order valence-electron chi connectivity index (χ3n) is 3.36. The fourth-order valence-electron chi connectivity index (χ4n) is 2.57. The zero-order valence-corrected chi connectivity index (χ0v) is 11.7. The molecule has 100 valence electrons. The van der Waals surface area contributed by atoms with Crippen molar-refractivity contribution in [3.05, 3.63) is 23.5 Å². The molecule has 0 amide bonds. The Bertz CT molecular complexity index is 402. The van der Waals surface area contributed by atoms with E-state index in [2.05, 4.69) is 31.4 Å². The summed E-state index contributed by atoms with van der Waals surface area (Å²) < 4.78 is 13.5. The van der Waals surface area contributed by atoms with Gasteiger partial charge in [0, 0.05) is 13.1 Å². The maximum absolute atomic E-state index is 13.5. The van der Waals surface area contributed by atoms with Gasteiger partial charge in [-0.2, -0.15) is 0 Å². The molecule has 1 unspecified atom stereocenters. The number of halogens is 1. The number of aryl methyl sites for hydroxylation is 1. The van der Waals surface area contributed by atoms with E-state index in [0.29, 0.717) is 16.9 Å². The molecule has 0 aliphatic carbocycles. The Morgan fingerprint density at radius 1 is 1.17 bits per heavy atom. The molecule has 2 nitrogen and oxygen atoms in total. The van der Waals surface area contributed by atoms with Crippen LogP contribution < -0.4 is 10.6 Å². The molecular weight excluding hydrogens is 227 g/mol. The third-order valence-corrected chi connectivity index (χ3v) is 3.36. The van der Waals surface area contributed by atoms with Gasteiger partial charge in [-0.15, -0.1) is 0 Å². The van der Waals surface area contributed by atoms with Crippen molar-refractivity contribution >= 4 is 11.4 Å². The van der Waals surface area contributed by atoms with Crippen LogP contribution in [0.1, 0.15) is 32.8 Å². The van der Waals surface area contributed by atoms with Crippen LogP contribution in [0.5, 0.6) is 0 Å². The molecule has 1 aromatic carbocycles. The van der Waals surface area contributed by atoms with Gasteiger partial charge < -0.3 is 10.6 Å². The third kappa shape index (κ3) is 3.15. The Hall–Kier alpha value is -1.25. The molecular formula is C15H23FN2. The van der Waals surface area contributed by atoms with Crippen LogP contribution in [-0.2, 0) is 0 Å². The van der Waals surface area contributed by atoms with Gasteiger partial charge in [-0.1, -0.05) is 20.8 Å². The average Bonchev–Trinajstić information content (AvgIpc) is 2.41. The minimum Gasteiger partial charge on any atom is -0.383 e. The molecule has 1 atom stereocenters. The molecule has 0 aromatic heterocycles. The second-order valence-electron chi connectivity index (χ2n) is 6.54. The highest BCUT2D eigenvalue weighted by Gasteiger charge is 2.21. The molecule has 2 rings (SSSR count). The molecule has 18 heavy (non-hydrogen) atoms. The van der Waals surface area contributed by atoms with Crippen LogP contribution in [0, 0.1) is 24.1 Å². The Balaban J connectivity index is 2.12. The highest BCUT2D eigenvalue weighted by molar-refractivity contribution is 5.70. The summed E-state index contributed by atoms with van der Waals surface area (Å²) in [5, 5.41) is 6.80. The number of nitrogens with one attached hydrogen (secondary N) is 2. The van der Waals surface area contributed by atoms with E-state index in [1.807, 2.05) is 6.07 Å². The molecule has 1 heterocycles. The summed E-state index contributed by atoms with van der Waals surface area (Å²) in [4.78, 5) is 0. The Labute approximate surface area is 109 Å². The van der Waals surface area contributed by atoms with Crippen LogP contribution in [-0.4, -0.2) is 13.1 Å². The lowest BCUT2D eigenvalue weighted by atomic mass is 9.84. The van der Waals surface area contributed by atoms with E-state index in [1.165, 1.54) is 0 Å². The van der Waals surface area contributed by atoms with Crippen molar-refractivity contribution in [3.63, 3.8) is 0 Å². The van der Waals surface area contributed by atoms with Gasteiger partial charge >= 0.3 is 0 Å². The lowest BCUT2D eigenvalue weighted by molar-refractivity contribution is 0.310. The van der Waals surface area contributed by atoms with Gasteiger partial charge in [0.25, 0.3) is 0 Å². The van der Waals surface area contributed by atoms with Gasteiger partial charge in [-0.3, -0.25) is 0 Å². The molecule has 0 saturated carbocycles. The van der Waals surface area contributed by atoms with Crippen LogP contribution in [0.2, 0.25) is 0 Å². The van der Waals surface area contributed by atoms with Crippen molar-refractivity contribution in [1.82, 2.24) is 0 Å². The first-order valence-corrected chi connectivity index (χ1v) is 6.63. The molecule has 0 bridgehead atoms. The van der Waals surface area contributed by atoms with Gasteiger partial charge in [0.1, 0.15) is 5.82 Å². The Morgan fingerprint density at radius 2 is 1.72 bits per heavy atom. The highest BCUT2D eigenvalue weighted by Crippen LogP contribution is 2.31. The first-order chi connectivity index (χ1) is 8.35. The summed E-state index contributed by atoms with van der Waals surface area (Å²) in [6.07, 6.45) is 1.16. The topological polar surface area (TPSA) is 24.1 Å². The minimum absolute atomic E-state index is 0.141. The first-order valence-electron chi connectivity index (χ1n) is 6.63. The van der Waals surface area contributed by atoms with Crippen LogP contribution >= 0.6 is 0 Å². The van der Waals surface area contributed by atoms with Crippen molar-refractivity contribution < 1.29 is 4.39 Å². The van der Waals surface area contributed by atoms with E-state index >= 15 is 0 Å². The zero-order valence-electron chi connectivity index (χ0n) is 11.7. The average molecular weight is 250 g/mol. The fourth-order valence-corrected chi connectivity index (χ4v) is 2.57. The number of fused-ring (bicyclic) bond motifs is 1. The summed E-state index contributed by atoms with van der Waals surface area (Å²) >= 11 is 0. The van der Waals surface area contributed by atoms with Gasteiger partial charge in [-0.25, -0.2) is 4.39 Å². The van der Waals surface area contributed by atoms with Crippen molar-refractivity contribution in [2.24, 2.45) is 11.3 Å². The number of hydrogen-bond donors (Lipinski definition) is 2. The second-order valence-corrected chi connectivity index (χ2v) is 6.54. The monoisotopic (exact) mass is 250 g/mol. The predicted molar refractivity (Wildman–Crippen MR) is 75.7 cm³/mol. The molecule has 1 aromatic rings. The van der Waals surface area contributed by atoms with Gasteiger partial charge in [0.2, 0.25) is 0 Å². The van der Waals surface area contributed by atoms with Crippen molar-refractivity contribution in [2.45, 2.75) is 34.1 Å². The summed E-state index contributed by atoms with van der Waals surface area (Å²) in [5.41, 5.74) is 2.92. The maximum atomic E-state index is 13.5. The second kappa shape index (κ2) is 4.79. The molecule has 1 aliphatic rings. The smallest absolute Gasteiger partial charge is 0.128 e. The SMILES string of the molecule is Cc1cc2c(cc1F)NCC(CC(C)(C)C)CN2. The van der Waals surface area contributed by atoms with Crippen molar-refractivity contribution in [2.75, 3.05) is 23.7 Å². The largest absolute Gasteiger partial charge is 0.383 e. The highest BCUT2D eigenvalue weighted by atomic mass is 19.1. The lowest BCUT2D eigenvalue weighted by Gasteiger charge is -2.25. The van der Waals surface area contributed by atoms with Crippen molar-refractivity contribution in [3.8, 4) is 0 Å². The minimum atomic E-state index is -0.141. The van der Waals surface area contributed by atoms with Gasteiger partial charge in [0.05, 0.1) is 11.4 Å². The summed E-state index contributed by atoms with van der Waals surface area (Å²) in [7, 11) is 0. The summed E-state index contributed by atoms with van der Waals surface area (Å²) in [5.74, 6) is 0.429. The Morgan fingerprint density at radius 3 is 2.28 bits per heavy atom. The number of rotatable bonds is 1. The van der Waals surface area contributed by atoms with Gasteiger partial charge in [0.15, 0.2) is 0 Å². The van der Waals surface area contributed by atoms with E-state index in [1.54, 1.807) is 13.0 Å². The predicted octanol–water partition coefficient (Wildman–Crippen LogP) is 4.02. The zero-order chi connectivity index (χ0) is 13.3. The first kappa shape index (κ1) is 13.2. The molecule has 0 fully saturated rings. The fraction of sp³-hybridized carbons (Fsp3) is 0.600. The maximum Gasteiger partial charge on any atom is 0.128 e. The molecule has 0 saturated heterocycles. The van der Waals surface area contributed by atoms with Crippen LogP contribution in [0.25, 0.3) is 0 Å². The van der Waals surface area contributed by atoms with E-state index in [-0.39, 0.29) is 5.82 Å². The molecule has 0 radical (unpaired) electrons. The molecule has 2 N–H and O–H groups in total. The summed E-state index contributed by atoms with van der Waals surface area (Å²) in [6, 6.07) is 3.48. The molecule has 3 heteroatoms. The van der Waals surface area contributed by atoms with Gasteiger partial charge in [-0.05, 0) is 42.4 Å². The molecule has 0 spiro atoms. The summed E-state index contributed by atoms with van der Waals surface area (Å²) in [6.45, 7) is 10.4. The van der Waals surface area contributed by atoms with E-state index < -0.39 is 0 Å². The number of benzene rings is 1. The van der Waals surface area contributed by atoms with Crippen LogP contribution in [0.4, 0.5) is 15.8 Å². The lowest BCUT2D eigenvalue weighted by Crippen LogP contribution is -2.24. The van der Waals surface area contributed by atoms with E-state index in [4.69, 9.17) is 0 Å². The van der Waals surface area contributed by atoms with Crippen molar-refractivity contribution in [1.29, 1.82) is 0 Å². The van der Waals surface area contributed by atoms with Crippen LogP contribution in [0.3, 0.4) is 0 Å². The quantitative estimate of drug-likeness (QED) is 0.786. The Kier molecular flexibility index (Phi) is 3.51. The van der Waals surface area contributed by atoms with E-state index in [0.717, 1.165) is 30.9 Å². The van der Waals surface area contributed by atoms with E-state index in [9.17, 15) is 4.39 Å². The number of hydrogen-bond acceptors (Lipinski definition) is 2.